The maximum atomic E-state index is 14.1. The predicted molar refractivity (Wildman–Crippen MR) is 90.6 cm³/mol. The van der Waals surface area contributed by atoms with Gasteiger partial charge in [-0.25, -0.2) is 13.6 Å². The van der Waals surface area contributed by atoms with Crippen molar-refractivity contribution in [3.8, 4) is 5.75 Å². The number of urea groups is 1. The Morgan fingerprint density at radius 3 is 2.65 bits per heavy atom. The van der Waals surface area contributed by atoms with Crippen molar-refractivity contribution in [3.05, 3.63) is 65.2 Å². The van der Waals surface area contributed by atoms with Crippen LogP contribution < -0.4 is 10.1 Å². The fourth-order valence-electron chi connectivity index (χ4n) is 2.92. The van der Waals surface area contributed by atoms with E-state index < -0.39 is 29.1 Å². The molecule has 1 heterocycles. The second kappa shape index (κ2) is 6.74. The molecule has 0 saturated carbocycles. The zero-order valence-electron chi connectivity index (χ0n) is 14.4. The van der Waals surface area contributed by atoms with Crippen molar-refractivity contribution in [1.82, 2.24) is 10.2 Å². The number of ether oxygens (including phenoxy) is 1. The summed E-state index contributed by atoms with van der Waals surface area (Å²) < 4.78 is 33.1. The molecule has 1 unspecified atom stereocenters. The number of nitrogens with one attached hydrogen (secondary N) is 1. The Kier molecular flexibility index (Phi) is 4.63. The zero-order chi connectivity index (χ0) is 18.9. The van der Waals surface area contributed by atoms with E-state index in [1.807, 2.05) is 25.1 Å². The molecular weight excluding hydrogens is 342 g/mol. The van der Waals surface area contributed by atoms with E-state index in [9.17, 15) is 18.4 Å². The molecule has 0 aliphatic carbocycles. The molecule has 1 fully saturated rings. The van der Waals surface area contributed by atoms with Crippen LogP contribution in [0.5, 0.6) is 5.75 Å². The normalized spacial score (nSPS) is 19.6. The van der Waals surface area contributed by atoms with Crippen LogP contribution in [0.15, 0.2) is 42.5 Å². The molecule has 2 aromatic rings. The summed E-state index contributed by atoms with van der Waals surface area (Å²) in [5.74, 6) is -1.48. The number of hydrogen-bond acceptors (Lipinski definition) is 3. The SMILES string of the molecule is Cc1cccc(OCCN2C(=O)NC(C)(c3cc(F)ccc3F)C2=O)c1. The third kappa shape index (κ3) is 3.24. The lowest BCUT2D eigenvalue weighted by Crippen LogP contribution is -2.42. The molecule has 5 nitrogen and oxygen atoms in total. The molecule has 1 atom stereocenters. The molecule has 0 spiro atoms. The van der Waals surface area contributed by atoms with Gasteiger partial charge in [-0.1, -0.05) is 12.1 Å². The van der Waals surface area contributed by atoms with E-state index in [2.05, 4.69) is 5.32 Å². The summed E-state index contributed by atoms with van der Waals surface area (Å²) in [6, 6.07) is 9.49. The van der Waals surface area contributed by atoms with Crippen LogP contribution in [0.25, 0.3) is 0 Å². The Balaban J connectivity index is 1.73. The Morgan fingerprint density at radius 1 is 1.15 bits per heavy atom. The van der Waals surface area contributed by atoms with Gasteiger partial charge in [-0.05, 0) is 49.7 Å². The average molecular weight is 360 g/mol. The summed E-state index contributed by atoms with van der Waals surface area (Å²) in [5.41, 5.74) is -0.850. The van der Waals surface area contributed by atoms with Gasteiger partial charge in [0.15, 0.2) is 0 Å². The molecule has 2 aromatic carbocycles. The van der Waals surface area contributed by atoms with E-state index >= 15 is 0 Å². The monoisotopic (exact) mass is 360 g/mol. The molecule has 1 saturated heterocycles. The first-order valence-electron chi connectivity index (χ1n) is 8.10. The summed E-state index contributed by atoms with van der Waals surface area (Å²) in [5, 5.41) is 2.45. The van der Waals surface area contributed by atoms with Gasteiger partial charge in [0.2, 0.25) is 0 Å². The van der Waals surface area contributed by atoms with Crippen molar-refractivity contribution in [2.75, 3.05) is 13.2 Å². The van der Waals surface area contributed by atoms with Crippen molar-refractivity contribution in [2.45, 2.75) is 19.4 Å². The standard InChI is InChI=1S/C19H18F2N2O3/c1-12-4-3-5-14(10-12)26-9-8-23-17(24)19(2,22-18(23)25)15-11-13(20)6-7-16(15)21/h3-7,10-11H,8-9H2,1-2H3,(H,22,25). The van der Waals surface area contributed by atoms with Gasteiger partial charge in [-0.2, -0.15) is 0 Å². The number of rotatable bonds is 5. The van der Waals surface area contributed by atoms with Crippen LogP contribution in [-0.2, 0) is 10.3 Å². The maximum Gasteiger partial charge on any atom is 0.325 e. The first-order valence-corrected chi connectivity index (χ1v) is 8.10. The highest BCUT2D eigenvalue weighted by Gasteiger charge is 2.50. The first kappa shape index (κ1) is 17.8. The first-order chi connectivity index (χ1) is 12.3. The highest BCUT2D eigenvalue weighted by atomic mass is 19.1. The minimum Gasteiger partial charge on any atom is -0.492 e. The van der Waals surface area contributed by atoms with Gasteiger partial charge in [0.25, 0.3) is 5.91 Å². The van der Waals surface area contributed by atoms with Gasteiger partial charge in [-0.3, -0.25) is 9.69 Å². The Labute approximate surface area is 149 Å². The zero-order valence-corrected chi connectivity index (χ0v) is 14.4. The highest BCUT2D eigenvalue weighted by Crippen LogP contribution is 2.31. The van der Waals surface area contributed by atoms with Crippen LogP contribution in [0.4, 0.5) is 13.6 Å². The summed E-state index contributed by atoms with van der Waals surface area (Å²) in [6.07, 6.45) is 0. The van der Waals surface area contributed by atoms with Gasteiger partial charge in [0.05, 0.1) is 6.54 Å². The summed E-state index contributed by atoms with van der Waals surface area (Å²) in [6.45, 7) is 3.35. The van der Waals surface area contributed by atoms with E-state index in [0.29, 0.717) is 5.75 Å². The lowest BCUT2D eigenvalue weighted by molar-refractivity contribution is -0.131. The number of aryl methyl sites for hydroxylation is 1. The van der Waals surface area contributed by atoms with Crippen molar-refractivity contribution in [1.29, 1.82) is 0 Å². The number of imide groups is 1. The van der Waals surface area contributed by atoms with E-state index in [0.717, 1.165) is 28.7 Å². The van der Waals surface area contributed by atoms with Crippen LogP contribution in [0.3, 0.4) is 0 Å². The molecule has 1 N–H and O–H groups in total. The Hall–Kier alpha value is -2.96. The van der Waals surface area contributed by atoms with E-state index in [-0.39, 0.29) is 18.7 Å². The van der Waals surface area contributed by atoms with Crippen molar-refractivity contribution < 1.29 is 23.1 Å². The van der Waals surface area contributed by atoms with Crippen molar-refractivity contribution in [2.24, 2.45) is 0 Å². The Morgan fingerprint density at radius 2 is 1.92 bits per heavy atom. The van der Waals surface area contributed by atoms with Crippen molar-refractivity contribution >= 4 is 11.9 Å². The van der Waals surface area contributed by atoms with E-state index in [1.165, 1.54) is 6.92 Å². The van der Waals surface area contributed by atoms with Crippen LogP contribution >= 0.6 is 0 Å². The quantitative estimate of drug-likeness (QED) is 0.834. The molecular formula is C19H18F2N2O3. The number of carbonyl (C=O) groups excluding carboxylic acids is 2. The van der Waals surface area contributed by atoms with Gasteiger partial charge < -0.3 is 10.1 Å². The molecule has 136 valence electrons. The lowest BCUT2D eigenvalue weighted by Gasteiger charge is -2.22. The summed E-state index contributed by atoms with van der Waals surface area (Å²) >= 11 is 0. The molecule has 1 aliphatic rings. The molecule has 0 radical (unpaired) electrons. The van der Waals surface area contributed by atoms with Gasteiger partial charge in [0.1, 0.15) is 29.5 Å². The molecule has 3 amide bonds. The molecule has 0 bridgehead atoms. The molecule has 1 aliphatic heterocycles. The van der Waals surface area contributed by atoms with Gasteiger partial charge >= 0.3 is 6.03 Å². The second-order valence-electron chi connectivity index (χ2n) is 6.30. The van der Waals surface area contributed by atoms with E-state index in [1.54, 1.807) is 6.07 Å². The number of halogens is 2. The fourth-order valence-corrected chi connectivity index (χ4v) is 2.92. The summed E-state index contributed by atoms with van der Waals surface area (Å²) in [4.78, 5) is 25.8. The van der Waals surface area contributed by atoms with Crippen LogP contribution in [0.1, 0.15) is 18.1 Å². The van der Waals surface area contributed by atoms with Gasteiger partial charge in [-0.15, -0.1) is 0 Å². The summed E-state index contributed by atoms with van der Waals surface area (Å²) in [7, 11) is 0. The third-order valence-electron chi connectivity index (χ3n) is 4.32. The third-order valence-corrected chi connectivity index (χ3v) is 4.32. The minimum atomic E-state index is -1.66. The molecule has 26 heavy (non-hydrogen) atoms. The van der Waals surface area contributed by atoms with Crippen molar-refractivity contribution in [3.63, 3.8) is 0 Å². The number of carbonyl (C=O) groups is 2. The van der Waals surface area contributed by atoms with Gasteiger partial charge in [0, 0.05) is 5.56 Å². The topological polar surface area (TPSA) is 58.6 Å². The largest absolute Gasteiger partial charge is 0.492 e. The number of amides is 3. The number of nitrogens with zero attached hydrogens (tertiary/aromatic N) is 1. The second-order valence-corrected chi connectivity index (χ2v) is 6.30. The molecule has 0 aromatic heterocycles. The maximum absolute atomic E-state index is 14.1. The fraction of sp³-hybridized carbons (Fsp3) is 0.263. The van der Waals surface area contributed by atoms with E-state index in [4.69, 9.17) is 4.74 Å². The molecule has 7 heteroatoms. The van der Waals surface area contributed by atoms with Crippen LogP contribution in [0.2, 0.25) is 0 Å². The Bertz CT molecular complexity index is 872. The smallest absolute Gasteiger partial charge is 0.325 e. The number of hydrogen-bond donors (Lipinski definition) is 1. The van der Waals surface area contributed by atoms with Crippen LogP contribution in [0, 0.1) is 18.6 Å². The van der Waals surface area contributed by atoms with Crippen LogP contribution in [-0.4, -0.2) is 30.0 Å². The molecule has 3 rings (SSSR count). The average Bonchev–Trinajstić information content (AvgIpc) is 2.81. The lowest BCUT2D eigenvalue weighted by atomic mass is 9.91. The predicted octanol–water partition coefficient (Wildman–Crippen LogP) is 3.12. The minimum absolute atomic E-state index is 0.00880. The highest BCUT2D eigenvalue weighted by molar-refractivity contribution is 6.07. The number of benzene rings is 2.